The van der Waals surface area contributed by atoms with Crippen LogP contribution in [0.15, 0.2) is 98.1 Å². The Morgan fingerprint density at radius 3 is 1.48 bits per heavy atom. The maximum absolute atomic E-state index is 13.2. The molecule has 0 saturated carbocycles. The van der Waals surface area contributed by atoms with Gasteiger partial charge in [0.2, 0.25) is 0 Å². The summed E-state index contributed by atoms with van der Waals surface area (Å²) in [6, 6.07) is 20.6. The fourth-order valence-corrected chi connectivity index (χ4v) is 6.71. The van der Waals surface area contributed by atoms with Gasteiger partial charge in [-0.15, -0.1) is 0 Å². The topological polar surface area (TPSA) is 176 Å². The smallest absolute Gasteiger partial charge is 0.338 e. The molecule has 2 saturated heterocycles. The molecule has 6 rings (SSSR count). The minimum Gasteiger partial charge on any atom is -0.463 e. The number of rotatable bonds is 20. The van der Waals surface area contributed by atoms with Gasteiger partial charge in [-0.1, -0.05) is 57.7 Å². The Morgan fingerprint density at radius 2 is 1.05 bits per heavy atom. The maximum Gasteiger partial charge on any atom is 0.338 e. The summed E-state index contributed by atoms with van der Waals surface area (Å²) in [6.07, 6.45) is 5.33. The molecule has 2 fully saturated rings. The van der Waals surface area contributed by atoms with E-state index in [1.54, 1.807) is 79.9 Å². The van der Waals surface area contributed by atoms with Crippen LogP contribution in [0.5, 0.6) is 11.5 Å². The number of fused-ring (bicyclic) bond motifs is 3. The van der Waals surface area contributed by atoms with Crippen molar-refractivity contribution >= 4 is 57.7 Å². The Balaban J connectivity index is 0.00000137. The van der Waals surface area contributed by atoms with Crippen molar-refractivity contribution < 1.29 is 66.7 Å². The highest BCUT2D eigenvalue weighted by Crippen LogP contribution is 2.32. The summed E-state index contributed by atoms with van der Waals surface area (Å²) in [5, 5.41) is 3.09. The molecule has 336 valence electrons. The van der Waals surface area contributed by atoms with Crippen LogP contribution in [0.1, 0.15) is 85.9 Å². The first-order valence-corrected chi connectivity index (χ1v) is 21.1. The molecule has 0 aliphatic carbocycles. The van der Waals surface area contributed by atoms with Crippen molar-refractivity contribution in [1.29, 1.82) is 0 Å². The second-order valence-corrected chi connectivity index (χ2v) is 14.2. The summed E-state index contributed by atoms with van der Waals surface area (Å²) < 4.78 is 44.4. The number of carbonyl (C=O) groups is 6. The quantitative estimate of drug-likeness (QED) is 0.0207. The van der Waals surface area contributed by atoms with E-state index in [2.05, 4.69) is 13.2 Å². The number of hydrogen-bond acceptors (Lipinski definition) is 14. The third-order valence-electron chi connectivity index (χ3n) is 9.80. The number of hydrogen-bond donors (Lipinski definition) is 0. The molecular weight excluding hydrogens is 813 g/mol. The van der Waals surface area contributed by atoms with E-state index >= 15 is 0 Å². The molecule has 0 spiro atoms. The van der Waals surface area contributed by atoms with Crippen molar-refractivity contribution in [2.24, 2.45) is 0 Å². The van der Waals surface area contributed by atoms with Gasteiger partial charge in [-0.25, -0.2) is 14.4 Å². The molecule has 4 aromatic rings. The Hall–Kier alpha value is -6.22. The van der Waals surface area contributed by atoms with Crippen molar-refractivity contribution in [2.45, 2.75) is 89.6 Å². The number of aldehydes is 1. The van der Waals surface area contributed by atoms with E-state index in [0.29, 0.717) is 61.2 Å². The molecule has 0 N–H and O–H groups in total. The number of esters is 5. The van der Waals surface area contributed by atoms with E-state index in [-0.39, 0.29) is 38.2 Å². The van der Waals surface area contributed by atoms with E-state index in [1.165, 1.54) is 6.08 Å². The fraction of sp³-hybridized carbons (Fsp3) is 0.388. The number of unbranched alkanes of at least 4 members (excludes halogenated alkanes) is 4. The van der Waals surface area contributed by atoms with Crippen LogP contribution >= 0.6 is 0 Å². The zero-order valence-electron chi connectivity index (χ0n) is 36.1. The zero-order chi connectivity index (χ0) is 45.6. The molecule has 4 atom stereocenters. The first-order chi connectivity index (χ1) is 30.6. The lowest BCUT2D eigenvalue weighted by Crippen LogP contribution is -2.36. The second-order valence-electron chi connectivity index (χ2n) is 14.2. The van der Waals surface area contributed by atoms with Gasteiger partial charge in [0.05, 0.1) is 30.9 Å². The predicted molar refractivity (Wildman–Crippen MR) is 235 cm³/mol. The van der Waals surface area contributed by atoms with E-state index in [4.69, 9.17) is 42.7 Å². The Kier molecular flexibility index (Phi) is 20.6. The second kappa shape index (κ2) is 26.3. The van der Waals surface area contributed by atoms with Crippen LogP contribution in [-0.4, -0.2) is 94.1 Å². The van der Waals surface area contributed by atoms with Crippen LogP contribution in [0.2, 0.25) is 0 Å². The average Bonchev–Trinajstić information content (AvgIpc) is 3.90. The van der Waals surface area contributed by atoms with Gasteiger partial charge in [0, 0.05) is 32.6 Å². The minimum atomic E-state index is -0.703. The predicted octanol–water partition coefficient (Wildman–Crippen LogP) is 8.25. The van der Waals surface area contributed by atoms with Crippen LogP contribution in [0.25, 0.3) is 21.5 Å². The van der Waals surface area contributed by atoms with Crippen molar-refractivity contribution in [3.8, 4) is 11.5 Å². The first-order valence-electron chi connectivity index (χ1n) is 21.1. The van der Waals surface area contributed by atoms with Crippen LogP contribution in [-0.2, 0) is 47.6 Å². The molecular formula is C49H56O14. The monoisotopic (exact) mass is 868 g/mol. The molecule has 14 heteroatoms. The third kappa shape index (κ3) is 15.3. The Bertz CT molecular complexity index is 2190. The van der Waals surface area contributed by atoms with Crippen molar-refractivity contribution in [2.75, 3.05) is 33.5 Å². The molecule has 0 amide bonds. The third-order valence-corrected chi connectivity index (χ3v) is 9.80. The van der Waals surface area contributed by atoms with E-state index in [0.717, 1.165) is 46.9 Å². The largest absolute Gasteiger partial charge is 0.463 e. The van der Waals surface area contributed by atoms with Gasteiger partial charge in [0.25, 0.3) is 0 Å². The zero-order valence-corrected chi connectivity index (χ0v) is 36.1. The van der Waals surface area contributed by atoms with Crippen LogP contribution in [0.4, 0.5) is 0 Å². The highest BCUT2D eigenvalue weighted by atomic mass is 16.7. The molecule has 2 heterocycles. The van der Waals surface area contributed by atoms with Crippen LogP contribution in [0.3, 0.4) is 0 Å². The van der Waals surface area contributed by atoms with Gasteiger partial charge >= 0.3 is 29.8 Å². The summed E-state index contributed by atoms with van der Waals surface area (Å²) >= 11 is 0. The van der Waals surface area contributed by atoms with E-state index in [9.17, 15) is 24.0 Å². The van der Waals surface area contributed by atoms with Gasteiger partial charge in [-0.2, -0.15) is 0 Å². The Morgan fingerprint density at radius 1 is 0.619 bits per heavy atom. The van der Waals surface area contributed by atoms with Crippen LogP contribution < -0.4 is 9.47 Å². The number of benzene rings is 4. The molecule has 2 aliphatic rings. The summed E-state index contributed by atoms with van der Waals surface area (Å²) in [7, 11) is 1.65. The SMILES string of the molecule is C=CC(=O)OCCCCCC(=O)Oc1ccc2cc(C(=O)O[C@@H]3COC4C3OC[C@H]4OC(=O)c3ccc4cc(OC(=O)CCCCCOC)ccc4c3)ccc2c1.C=CC=O.CC. The summed E-state index contributed by atoms with van der Waals surface area (Å²) in [4.78, 5) is 71.1. The van der Waals surface area contributed by atoms with Crippen molar-refractivity contribution in [3.05, 3.63) is 109 Å². The van der Waals surface area contributed by atoms with Gasteiger partial charge in [-0.3, -0.25) is 14.4 Å². The molecule has 0 aromatic heterocycles. The van der Waals surface area contributed by atoms with E-state index < -0.39 is 42.3 Å². The number of carbonyl (C=O) groups excluding carboxylic acids is 6. The van der Waals surface area contributed by atoms with Gasteiger partial charge < -0.3 is 37.9 Å². The molecule has 0 bridgehead atoms. The lowest BCUT2D eigenvalue weighted by atomic mass is 10.1. The van der Waals surface area contributed by atoms with Crippen molar-refractivity contribution in [1.82, 2.24) is 0 Å². The number of allylic oxidation sites excluding steroid dienone is 1. The van der Waals surface area contributed by atoms with Gasteiger partial charge in [0.15, 0.2) is 12.2 Å². The summed E-state index contributed by atoms with van der Waals surface area (Å²) in [5.74, 6) is -1.42. The fourth-order valence-electron chi connectivity index (χ4n) is 6.71. The van der Waals surface area contributed by atoms with Crippen LogP contribution in [0, 0.1) is 0 Å². The standard InChI is InChI=1S/C44H46O13.C3H4O.C2H6/c1-3-38(45)51-21-9-5-7-11-40(47)55-35-19-17-29-23-33(15-13-31(29)25-35)44(49)57-37-27-53-41-36(26-52-42(37)41)56-43(48)32-14-12-30-24-34(18-16-28(30)22-32)54-39(46)10-6-4-8-20-50-2;1-2-3-4;1-2/h3,12-19,22-25,36-37,41-42H,1,4-11,20-21,26-27H2,2H3;2-3H,1H2;1-2H3/t36-,37-,41?,42?;;/m1../s1. The summed E-state index contributed by atoms with van der Waals surface area (Å²) in [5.41, 5.74) is 0.664. The average molecular weight is 869 g/mol. The number of ether oxygens (including phenoxy) is 8. The molecule has 63 heavy (non-hydrogen) atoms. The molecule has 0 radical (unpaired) electrons. The maximum atomic E-state index is 13.2. The van der Waals surface area contributed by atoms with E-state index in [1.807, 2.05) is 13.8 Å². The molecule has 2 unspecified atom stereocenters. The number of methoxy groups -OCH3 is 1. The van der Waals surface area contributed by atoms with Gasteiger partial charge in [0.1, 0.15) is 30.0 Å². The highest BCUT2D eigenvalue weighted by molar-refractivity contribution is 5.97. The first kappa shape index (κ1) is 49.4. The highest BCUT2D eigenvalue weighted by Gasteiger charge is 2.51. The van der Waals surface area contributed by atoms with Crippen molar-refractivity contribution in [3.63, 3.8) is 0 Å². The summed E-state index contributed by atoms with van der Waals surface area (Å²) in [6.45, 7) is 11.6. The van der Waals surface area contributed by atoms with Gasteiger partial charge in [-0.05, 0) is 108 Å². The molecule has 2 aliphatic heterocycles. The molecule has 14 nitrogen and oxygen atoms in total. The normalized spacial score (nSPS) is 17.1. The molecule has 4 aromatic carbocycles. The lowest BCUT2D eigenvalue weighted by Gasteiger charge is -2.17. The lowest BCUT2D eigenvalue weighted by molar-refractivity contribution is -0.138. The minimum absolute atomic E-state index is 0.0803. The Labute approximate surface area is 367 Å².